The van der Waals surface area contributed by atoms with E-state index in [4.69, 9.17) is 16.3 Å². The van der Waals surface area contributed by atoms with Crippen molar-refractivity contribution < 1.29 is 4.74 Å². The molecular weight excluding hydrogens is 224 g/mol. The van der Waals surface area contributed by atoms with E-state index in [1.54, 1.807) is 7.11 Å². The van der Waals surface area contributed by atoms with E-state index >= 15 is 0 Å². The van der Waals surface area contributed by atoms with Crippen molar-refractivity contribution in [2.24, 2.45) is 0 Å². The Labute approximate surface area is 101 Å². The molecule has 4 heteroatoms. The van der Waals surface area contributed by atoms with Gasteiger partial charge in [0.05, 0.1) is 12.0 Å². The molecule has 0 spiro atoms. The van der Waals surface area contributed by atoms with Crippen LogP contribution < -0.4 is 4.90 Å². The molecule has 0 radical (unpaired) electrons. The Bertz CT molecular complexity index is 346. The second-order valence-electron chi connectivity index (χ2n) is 4.08. The second-order valence-corrected chi connectivity index (χ2v) is 4.35. The Balaban J connectivity index is 2.16. The smallest absolute Gasteiger partial charge is 0.0746 e. The average molecular weight is 241 g/mol. The Hall–Kier alpha value is -0.800. The third-order valence-electron chi connectivity index (χ3n) is 3.07. The molecule has 3 nitrogen and oxygen atoms in total. The van der Waals surface area contributed by atoms with Crippen LogP contribution in [-0.2, 0) is 10.6 Å². The zero-order valence-corrected chi connectivity index (χ0v) is 10.3. The SMILES string of the molecule is COC1CCCN(c2ccncc2CCl)C1. The molecule has 1 unspecified atom stereocenters. The monoisotopic (exact) mass is 240 g/mol. The lowest BCUT2D eigenvalue weighted by Gasteiger charge is -2.34. The van der Waals surface area contributed by atoms with E-state index in [1.165, 1.54) is 12.1 Å². The van der Waals surface area contributed by atoms with Crippen LogP contribution in [0.3, 0.4) is 0 Å². The van der Waals surface area contributed by atoms with Crippen molar-refractivity contribution in [3.8, 4) is 0 Å². The molecule has 0 bridgehead atoms. The average Bonchev–Trinajstić information content (AvgIpc) is 2.38. The van der Waals surface area contributed by atoms with Crippen LogP contribution in [0, 0.1) is 0 Å². The summed E-state index contributed by atoms with van der Waals surface area (Å²) in [7, 11) is 1.78. The summed E-state index contributed by atoms with van der Waals surface area (Å²) in [4.78, 5) is 6.45. The quantitative estimate of drug-likeness (QED) is 0.759. The molecule has 2 heterocycles. The van der Waals surface area contributed by atoms with Gasteiger partial charge in [0.1, 0.15) is 0 Å². The summed E-state index contributed by atoms with van der Waals surface area (Å²) < 4.78 is 5.43. The first kappa shape index (κ1) is 11.7. The van der Waals surface area contributed by atoms with Gasteiger partial charge in [0.15, 0.2) is 0 Å². The molecule has 1 aromatic heterocycles. The summed E-state index contributed by atoms with van der Waals surface area (Å²) in [6.07, 6.45) is 6.32. The molecule has 1 aliphatic rings. The maximum absolute atomic E-state index is 5.92. The molecule has 1 fully saturated rings. The molecule has 0 aromatic carbocycles. The summed E-state index contributed by atoms with van der Waals surface area (Å²) in [6, 6.07) is 2.04. The van der Waals surface area contributed by atoms with E-state index in [2.05, 4.69) is 9.88 Å². The molecule has 0 saturated carbocycles. The number of ether oxygens (including phenoxy) is 1. The van der Waals surface area contributed by atoms with Gasteiger partial charge in [0, 0.05) is 43.8 Å². The van der Waals surface area contributed by atoms with E-state index < -0.39 is 0 Å². The highest BCUT2D eigenvalue weighted by Crippen LogP contribution is 2.25. The maximum Gasteiger partial charge on any atom is 0.0746 e. The largest absolute Gasteiger partial charge is 0.380 e. The Kier molecular flexibility index (Phi) is 4.02. The summed E-state index contributed by atoms with van der Waals surface area (Å²) >= 11 is 5.92. The number of hydrogen-bond acceptors (Lipinski definition) is 3. The highest BCUT2D eigenvalue weighted by molar-refractivity contribution is 6.17. The van der Waals surface area contributed by atoms with Gasteiger partial charge in [-0.05, 0) is 18.9 Å². The number of anilines is 1. The minimum atomic E-state index is 0.338. The molecule has 88 valence electrons. The highest BCUT2D eigenvalue weighted by atomic mass is 35.5. The van der Waals surface area contributed by atoms with Crippen molar-refractivity contribution in [1.29, 1.82) is 0 Å². The van der Waals surface area contributed by atoms with E-state index in [0.29, 0.717) is 12.0 Å². The molecule has 0 aliphatic carbocycles. The number of piperidine rings is 1. The number of pyridine rings is 1. The van der Waals surface area contributed by atoms with Crippen LogP contribution in [0.4, 0.5) is 5.69 Å². The first-order valence-electron chi connectivity index (χ1n) is 5.61. The van der Waals surface area contributed by atoms with Crippen molar-refractivity contribution in [2.75, 3.05) is 25.1 Å². The van der Waals surface area contributed by atoms with Crippen molar-refractivity contribution in [3.63, 3.8) is 0 Å². The van der Waals surface area contributed by atoms with Crippen LogP contribution in [0.25, 0.3) is 0 Å². The lowest BCUT2D eigenvalue weighted by molar-refractivity contribution is 0.0893. The van der Waals surface area contributed by atoms with E-state index in [0.717, 1.165) is 25.1 Å². The number of nitrogens with zero attached hydrogens (tertiary/aromatic N) is 2. The van der Waals surface area contributed by atoms with Crippen molar-refractivity contribution in [1.82, 2.24) is 4.98 Å². The van der Waals surface area contributed by atoms with Crippen LogP contribution in [0.2, 0.25) is 0 Å². The molecule has 0 N–H and O–H groups in total. The van der Waals surface area contributed by atoms with Gasteiger partial charge in [-0.15, -0.1) is 11.6 Å². The minimum Gasteiger partial charge on any atom is -0.380 e. The number of alkyl halides is 1. The summed E-state index contributed by atoms with van der Waals surface area (Å²) in [5.74, 6) is 0.511. The first-order chi connectivity index (χ1) is 7.85. The van der Waals surface area contributed by atoms with Crippen LogP contribution in [0.5, 0.6) is 0 Å². The fraction of sp³-hybridized carbons (Fsp3) is 0.583. The number of aromatic nitrogens is 1. The minimum absolute atomic E-state index is 0.338. The van der Waals surface area contributed by atoms with Crippen LogP contribution in [0.15, 0.2) is 18.5 Å². The zero-order valence-electron chi connectivity index (χ0n) is 9.53. The summed E-state index contributed by atoms with van der Waals surface area (Å²) in [6.45, 7) is 2.03. The van der Waals surface area contributed by atoms with E-state index in [1.807, 2.05) is 18.5 Å². The fourth-order valence-electron chi connectivity index (χ4n) is 2.18. The Morgan fingerprint density at radius 3 is 3.25 bits per heavy atom. The lowest BCUT2D eigenvalue weighted by Crippen LogP contribution is -2.39. The van der Waals surface area contributed by atoms with Gasteiger partial charge < -0.3 is 9.64 Å². The fourth-order valence-corrected chi connectivity index (χ4v) is 2.39. The molecule has 2 rings (SSSR count). The first-order valence-corrected chi connectivity index (χ1v) is 6.15. The molecule has 16 heavy (non-hydrogen) atoms. The normalized spacial score (nSPS) is 21.1. The van der Waals surface area contributed by atoms with Gasteiger partial charge in [0.25, 0.3) is 0 Å². The van der Waals surface area contributed by atoms with Crippen molar-refractivity contribution >= 4 is 17.3 Å². The topological polar surface area (TPSA) is 25.4 Å². The highest BCUT2D eigenvalue weighted by Gasteiger charge is 2.21. The van der Waals surface area contributed by atoms with Crippen LogP contribution in [-0.4, -0.2) is 31.3 Å². The van der Waals surface area contributed by atoms with Crippen LogP contribution >= 0.6 is 11.6 Å². The lowest BCUT2D eigenvalue weighted by atomic mass is 10.1. The number of methoxy groups -OCH3 is 1. The second kappa shape index (κ2) is 5.51. The van der Waals surface area contributed by atoms with Crippen molar-refractivity contribution in [2.45, 2.75) is 24.8 Å². The van der Waals surface area contributed by atoms with Crippen molar-refractivity contribution in [3.05, 3.63) is 24.0 Å². The van der Waals surface area contributed by atoms with Gasteiger partial charge in [-0.2, -0.15) is 0 Å². The number of hydrogen-bond donors (Lipinski definition) is 0. The number of rotatable bonds is 3. The Morgan fingerprint density at radius 1 is 1.62 bits per heavy atom. The molecular formula is C12H17ClN2O. The maximum atomic E-state index is 5.92. The van der Waals surface area contributed by atoms with Gasteiger partial charge in [-0.25, -0.2) is 0 Å². The Morgan fingerprint density at radius 2 is 2.50 bits per heavy atom. The van der Waals surface area contributed by atoms with Gasteiger partial charge in [0.2, 0.25) is 0 Å². The standard InChI is InChI=1S/C12H17ClN2O/c1-16-11-3-2-6-15(9-11)12-4-5-14-8-10(12)7-13/h4-5,8,11H,2-3,6-7,9H2,1H3. The van der Waals surface area contributed by atoms with E-state index in [9.17, 15) is 0 Å². The molecule has 1 atom stereocenters. The summed E-state index contributed by atoms with van der Waals surface area (Å²) in [5.41, 5.74) is 2.30. The number of halogens is 1. The van der Waals surface area contributed by atoms with Gasteiger partial charge in [-0.1, -0.05) is 0 Å². The van der Waals surface area contributed by atoms with Gasteiger partial charge >= 0.3 is 0 Å². The molecule has 1 aliphatic heterocycles. The predicted octanol–water partition coefficient (Wildman–Crippen LogP) is 2.44. The zero-order chi connectivity index (χ0) is 11.4. The molecule has 0 amide bonds. The van der Waals surface area contributed by atoms with E-state index in [-0.39, 0.29) is 0 Å². The third kappa shape index (κ3) is 2.47. The predicted molar refractivity (Wildman–Crippen MR) is 66.0 cm³/mol. The summed E-state index contributed by atoms with van der Waals surface area (Å²) in [5, 5.41) is 0. The van der Waals surface area contributed by atoms with Crippen LogP contribution in [0.1, 0.15) is 18.4 Å². The molecule has 1 aromatic rings. The molecule has 1 saturated heterocycles. The van der Waals surface area contributed by atoms with Gasteiger partial charge in [-0.3, -0.25) is 4.98 Å². The third-order valence-corrected chi connectivity index (χ3v) is 3.36.